The van der Waals surface area contributed by atoms with Gasteiger partial charge in [0.25, 0.3) is 11.5 Å². The molecule has 1 aromatic rings. The van der Waals surface area contributed by atoms with Crippen LogP contribution in [0.1, 0.15) is 23.7 Å². The van der Waals surface area contributed by atoms with E-state index >= 15 is 0 Å². The lowest BCUT2D eigenvalue weighted by atomic mass is 9.96. The van der Waals surface area contributed by atoms with Crippen LogP contribution < -0.4 is 5.56 Å². The zero-order valence-corrected chi connectivity index (χ0v) is 12.1. The summed E-state index contributed by atoms with van der Waals surface area (Å²) in [4.78, 5) is 30.6. The maximum atomic E-state index is 12.5. The van der Waals surface area contributed by atoms with E-state index < -0.39 is 0 Å². The van der Waals surface area contributed by atoms with Crippen molar-refractivity contribution in [1.82, 2.24) is 14.5 Å². The van der Waals surface area contributed by atoms with Crippen molar-refractivity contribution in [2.24, 2.45) is 5.92 Å². The van der Waals surface area contributed by atoms with Crippen molar-refractivity contribution >= 4 is 17.7 Å². The second kappa shape index (κ2) is 5.21. The molecule has 0 saturated carbocycles. The molecule has 0 spiro atoms. The summed E-state index contributed by atoms with van der Waals surface area (Å²) in [6.07, 6.45) is 1.59. The van der Waals surface area contributed by atoms with Crippen LogP contribution in [-0.2, 0) is 6.54 Å². The van der Waals surface area contributed by atoms with E-state index in [0.717, 1.165) is 5.75 Å². The third-order valence-corrected chi connectivity index (χ3v) is 4.90. The lowest BCUT2D eigenvalue weighted by Gasteiger charge is -2.34. The summed E-state index contributed by atoms with van der Waals surface area (Å²) < 4.78 is 1.57. The third kappa shape index (κ3) is 2.25. The molecule has 3 heterocycles. The quantitative estimate of drug-likeness (QED) is 0.749. The van der Waals surface area contributed by atoms with Gasteiger partial charge in [0, 0.05) is 31.6 Å². The van der Waals surface area contributed by atoms with Gasteiger partial charge >= 0.3 is 0 Å². The van der Waals surface area contributed by atoms with Crippen LogP contribution in [0.2, 0.25) is 0 Å². The van der Waals surface area contributed by atoms with Gasteiger partial charge in [0.15, 0.2) is 5.16 Å². The highest BCUT2D eigenvalue weighted by Crippen LogP contribution is 2.22. The number of carbonyl (C=O) groups is 1. The van der Waals surface area contributed by atoms with Gasteiger partial charge in [0.05, 0.1) is 6.10 Å². The SMILES string of the molecule is CC1CN(C(=O)c2cnc3n(c2=O)CCS3)CCC1O. The monoisotopic (exact) mass is 295 g/mol. The number of amides is 1. The van der Waals surface area contributed by atoms with Gasteiger partial charge in [-0.15, -0.1) is 0 Å². The molecule has 6 nitrogen and oxygen atoms in total. The molecule has 0 aliphatic carbocycles. The summed E-state index contributed by atoms with van der Waals surface area (Å²) in [6, 6.07) is 0. The summed E-state index contributed by atoms with van der Waals surface area (Å²) >= 11 is 1.53. The van der Waals surface area contributed by atoms with Crippen LogP contribution in [0.4, 0.5) is 0 Å². The number of fused-ring (bicyclic) bond motifs is 1. The van der Waals surface area contributed by atoms with Crippen molar-refractivity contribution in [3.63, 3.8) is 0 Å². The number of hydrogen-bond donors (Lipinski definition) is 1. The molecule has 0 aromatic carbocycles. The molecular weight excluding hydrogens is 278 g/mol. The van der Waals surface area contributed by atoms with E-state index in [-0.39, 0.29) is 29.1 Å². The highest BCUT2D eigenvalue weighted by atomic mass is 32.2. The molecule has 0 radical (unpaired) electrons. The largest absolute Gasteiger partial charge is 0.393 e. The van der Waals surface area contributed by atoms with Gasteiger partial charge in [-0.05, 0) is 12.3 Å². The Hall–Kier alpha value is -1.34. The second-order valence-electron chi connectivity index (χ2n) is 5.34. The average Bonchev–Trinajstić information content (AvgIpc) is 2.91. The van der Waals surface area contributed by atoms with E-state index in [1.54, 1.807) is 9.47 Å². The van der Waals surface area contributed by atoms with Gasteiger partial charge in [-0.25, -0.2) is 4.98 Å². The molecule has 108 valence electrons. The highest BCUT2D eigenvalue weighted by molar-refractivity contribution is 7.99. The Labute approximate surface area is 120 Å². The molecule has 2 aliphatic heterocycles. The van der Waals surface area contributed by atoms with Crippen LogP contribution >= 0.6 is 11.8 Å². The van der Waals surface area contributed by atoms with E-state index in [4.69, 9.17) is 0 Å². The first-order valence-electron chi connectivity index (χ1n) is 6.78. The number of rotatable bonds is 1. The number of aromatic nitrogens is 2. The number of aliphatic hydroxyl groups is 1. The number of aliphatic hydroxyl groups excluding tert-OH is 1. The Morgan fingerprint density at radius 1 is 1.50 bits per heavy atom. The van der Waals surface area contributed by atoms with Crippen LogP contribution in [0, 0.1) is 5.92 Å². The first-order chi connectivity index (χ1) is 9.58. The van der Waals surface area contributed by atoms with E-state index in [9.17, 15) is 14.7 Å². The number of piperidine rings is 1. The first-order valence-corrected chi connectivity index (χ1v) is 7.76. The standard InChI is InChI=1S/C13H17N3O3S/c1-8-7-15(3-2-10(8)17)11(18)9-6-14-13-16(12(9)19)4-5-20-13/h6,8,10,17H,2-5,7H2,1H3. The number of thioether (sulfide) groups is 1. The molecule has 3 rings (SSSR count). The summed E-state index contributed by atoms with van der Waals surface area (Å²) in [5.74, 6) is 0.592. The maximum Gasteiger partial charge on any atom is 0.267 e. The van der Waals surface area contributed by atoms with E-state index in [1.807, 2.05) is 6.92 Å². The fourth-order valence-electron chi connectivity index (χ4n) is 2.65. The summed E-state index contributed by atoms with van der Waals surface area (Å²) in [5, 5.41) is 10.4. The van der Waals surface area contributed by atoms with E-state index in [0.29, 0.717) is 31.2 Å². The highest BCUT2D eigenvalue weighted by Gasteiger charge is 2.30. The molecule has 1 saturated heterocycles. The topological polar surface area (TPSA) is 75.4 Å². The molecule has 1 fully saturated rings. The Balaban J connectivity index is 1.87. The first kappa shape index (κ1) is 13.6. The van der Waals surface area contributed by atoms with Crippen LogP contribution in [0.3, 0.4) is 0 Å². The summed E-state index contributed by atoms with van der Waals surface area (Å²) in [7, 11) is 0. The van der Waals surface area contributed by atoms with Gasteiger partial charge in [-0.1, -0.05) is 18.7 Å². The Kier molecular flexibility index (Phi) is 3.55. The zero-order valence-electron chi connectivity index (χ0n) is 11.3. The molecule has 1 aromatic heterocycles. The summed E-state index contributed by atoms with van der Waals surface area (Å²) in [6.45, 7) is 3.49. The number of hydrogen-bond acceptors (Lipinski definition) is 5. The third-order valence-electron chi connectivity index (χ3n) is 3.93. The Bertz CT molecular complexity index is 601. The molecule has 2 aliphatic rings. The van der Waals surface area contributed by atoms with Gasteiger partial charge in [0.2, 0.25) is 0 Å². The van der Waals surface area contributed by atoms with Crippen LogP contribution in [0.5, 0.6) is 0 Å². The van der Waals surface area contributed by atoms with Crippen molar-refractivity contribution in [3.8, 4) is 0 Å². The minimum absolute atomic E-state index is 0.0356. The lowest BCUT2D eigenvalue weighted by Crippen LogP contribution is -2.46. The molecule has 0 bridgehead atoms. The number of likely N-dealkylation sites (tertiary alicyclic amines) is 1. The number of carbonyl (C=O) groups excluding carboxylic acids is 1. The lowest BCUT2D eigenvalue weighted by molar-refractivity contribution is 0.0295. The van der Waals surface area contributed by atoms with Crippen molar-refractivity contribution < 1.29 is 9.90 Å². The van der Waals surface area contributed by atoms with Crippen LogP contribution in [-0.4, -0.2) is 50.4 Å². The van der Waals surface area contributed by atoms with Crippen molar-refractivity contribution in [1.29, 1.82) is 0 Å². The predicted octanol–water partition coefficient (Wildman–Crippen LogP) is 0.192. The molecule has 1 amide bonds. The van der Waals surface area contributed by atoms with Gasteiger partial charge in [0.1, 0.15) is 5.56 Å². The molecule has 7 heteroatoms. The van der Waals surface area contributed by atoms with Crippen LogP contribution in [0.25, 0.3) is 0 Å². The fraction of sp³-hybridized carbons (Fsp3) is 0.615. The van der Waals surface area contributed by atoms with Crippen LogP contribution in [0.15, 0.2) is 16.1 Å². The van der Waals surface area contributed by atoms with E-state index in [1.165, 1.54) is 18.0 Å². The smallest absolute Gasteiger partial charge is 0.267 e. The minimum atomic E-state index is -0.366. The van der Waals surface area contributed by atoms with Crippen molar-refractivity contribution in [2.75, 3.05) is 18.8 Å². The predicted molar refractivity (Wildman–Crippen MR) is 74.9 cm³/mol. The Morgan fingerprint density at radius 2 is 2.30 bits per heavy atom. The average molecular weight is 295 g/mol. The second-order valence-corrected chi connectivity index (χ2v) is 6.41. The molecular formula is C13H17N3O3S. The zero-order chi connectivity index (χ0) is 14.3. The van der Waals surface area contributed by atoms with Crippen molar-refractivity contribution in [3.05, 3.63) is 22.1 Å². The fourth-order valence-corrected chi connectivity index (χ4v) is 3.57. The molecule has 2 unspecified atom stereocenters. The van der Waals surface area contributed by atoms with Gasteiger partial charge in [-0.2, -0.15) is 0 Å². The van der Waals surface area contributed by atoms with Crippen molar-refractivity contribution in [2.45, 2.75) is 31.1 Å². The normalized spacial score (nSPS) is 25.6. The minimum Gasteiger partial charge on any atom is -0.393 e. The van der Waals surface area contributed by atoms with E-state index in [2.05, 4.69) is 4.98 Å². The molecule has 1 N–H and O–H groups in total. The number of nitrogens with zero attached hydrogens (tertiary/aromatic N) is 3. The molecule has 20 heavy (non-hydrogen) atoms. The summed E-state index contributed by atoms with van der Waals surface area (Å²) in [5.41, 5.74) is -0.108. The molecule has 2 atom stereocenters. The van der Waals surface area contributed by atoms with Gasteiger partial charge < -0.3 is 10.0 Å². The Morgan fingerprint density at radius 3 is 3.05 bits per heavy atom. The maximum absolute atomic E-state index is 12.5. The van der Waals surface area contributed by atoms with Gasteiger partial charge in [-0.3, -0.25) is 14.2 Å².